The summed E-state index contributed by atoms with van der Waals surface area (Å²) in [5.74, 6) is 2.99. The molecule has 0 unspecified atom stereocenters. The molecule has 1 aromatic carbocycles. The average molecular weight is 376 g/mol. The number of hydrogen-bond donors (Lipinski definition) is 2. The Balaban J connectivity index is 1.45. The molecule has 140 valence electrons. The van der Waals surface area contributed by atoms with Gasteiger partial charge in [-0.3, -0.25) is 0 Å². The normalized spacial score (nSPS) is 12.9. The van der Waals surface area contributed by atoms with Crippen LogP contribution in [0.25, 0.3) is 0 Å². The second kappa shape index (κ2) is 9.28. The third kappa shape index (κ3) is 5.01. The van der Waals surface area contributed by atoms with E-state index in [0.29, 0.717) is 19.7 Å². The van der Waals surface area contributed by atoms with Crippen molar-refractivity contribution in [2.75, 3.05) is 26.5 Å². The summed E-state index contributed by atoms with van der Waals surface area (Å²) in [6.07, 6.45) is 2.94. The smallest absolute Gasteiger partial charge is 0.231 e. The summed E-state index contributed by atoms with van der Waals surface area (Å²) in [6.45, 7) is 6.96. The highest BCUT2D eigenvalue weighted by Gasteiger charge is 2.13. The molecule has 2 heterocycles. The molecule has 1 aliphatic rings. The van der Waals surface area contributed by atoms with Crippen LogP contribution in [-0.4, -0.2) is 37.4 Å². The summed E-state index contributed by atoms with van der Waals surface area (Å²) >= 11 is 1.71. The number of benzene rings is 1. The molecule has 0 amide bonds. The van der Waals surface area contributed by atoms with E-state index >= 15 is 0 Å². The molecule has 2 N–H and O–H groups in total. The van der Waals surface area contributed by atoms with Crippen molar-refractivity contribution in [2.45, 2.75) is 26.8 Å². The zero-order chi connectivity index (χ0) is 18.2. The quantitative estimate of drug-likeness (QED) is 0.419. The van der Waals surface area contributed by atoms with Crippen LogP contribution >= 0.6 is 11.3 Å². The van der Waals surface area contributed by atoms with Crippen molar-refractivity contribution >= 4 is 17.3 Å². The van der Waals surface area contributed by atoms with Crippen molar-refractivity contribution < 1.29 is 14.2 Å². The molecule has 0 radical (unpaired) electrons. The second-order valence-electron chi connectivity index (χ2n) is 5.56. The molecule has 8 heteroatoms. The van der Waals surface area contributed by atoms with Gasteiger partial charge in [-0.2, -0.15) is 0 Å². The Hall–Kier alpha value is -2.48. The first-order valence-electron chi connectivity index (χ1n) is 8.76. The number of aliphatic imine (C=N–C) groups is 1. The van der Waals surface area contributed by atoms with Gasteiger partial charge in [-0.1, -0.05) is 6.92 Å². The standard InChI is InChI=1S/C18H24N4O3S/c1-3-14-10-21-17(26-14)11-22-18(19-4-2)20-7-8-23-13-5-6-15-16(9-13)25-12-24-15/h5-6,9-10H,3-4,7-8,11-12H2,1-2H3,(H2,19,20,22). The van der Waals surface area contributed by atoms with Crippen LogP contribution < -0.4 is 24.8 Å². The molecule has 0 fully saturated rings. The topological polar surface area (TPSA) is 77.0 Å². The van der Waals surface area contributed by atoms with Crippen molar-refractivity contribution in [1.29, 1.82) is 0 Å². The van der Waals surface area contributed by atoms with E-state index < -0.39 is 0 Å². The monoisotopic (exact) mass is 376 g/mol. The number of nitrogens with one attached hydrogen (secondary N) is 2. The Morgan fingerprint density at radius 3 is 2.96 bits per heavy atom. The van der Waals surface area contributed by atoms with E-state index in [1.165, 1.54) is 4.88 Å². The fraction of sp³-hybridized carbons (Fsp3) is 0.444. The molecule has 7 nitrogen and oxygen atoms in total. The Morgan fingerprint density at radius 1 is 1.27 bits per heavy atom. The number of rotatable bonds is 8. The van der Waals surface area contributed by atoms with Gasteiger partial charge in [-0.05, 0) is 25.5 Å². The predicted octanol–water partition coefficient (Wildman–Crippen LogP) is 2.57. The van der Waals surface area contributed by atoms with Gasteiger partial charge in [-0.15, -0.1) is 11.3 Å². The lowest BCUT2D eigenvalue weighted by Gasteiger charge is -2.12. The number of fused-ring (bicyclic) bond motifs is 1. The molecular weight excluding hydrogens is 352 g/mol. The van der Waals surface area contributed by atoms with Gasteiger partial charge in [0.1, 0.15) is 17.4 Å². The summed E-state index contributed by atoms with van der Waals surface area (Å²) < 4.78 is 16.4. The van der Waals surface area contributed by atoms with Crippen LogP contribution in [0.4, 0.5) is 0 Å². The lowest BCUT2D eigenvalue weighted by Crippen LogP contribution is -2.39. The first-order chi connectivity index (χ1) is 12.8. The van der Waals surface area contributed by atoms with Gasteiger partial charge in [-0.25, -0.2) is 9.98 Å². The number of aryl methyl sites for hydroxylation is 1. The van der Waals surface area contributed by atoms with Gasteiger partial charge >= 0.3 is 0 Å². The maximum atomic E-state index is 5.75. The number of aromatic nitrogens is 1. The molecule has 0 atom stereocenters. The molecule has 2 aromatic rings. The Labute approximate surface area is 157 Å². The van der Waals surface area contributed by atoms with Crippen molar-refractivity contribution in [3.05, 3.63) is 34.3 Å². The molecule has 0 saturated heterocycles. The van der Waals surface area contributed by atoms with Gasteiger partial charge in [0.05, 0.1) is 13.1 Å². The zero-order valence-electron chi connectivity index (χ0n) is 15.1. The Bertz CT molecular complexity index is 748. The fourth-order valence-electron chi connectivity index (χ4n) is 2.38. The number of nitrogens with zero attached hydrogens (tertiary/aromatic N) is 2. The van der Waals surface area contributed by atoms with Crippen LogP contribution in [0.5, 0.6) is 17.2 Å². The average Bonchev–Trinajstić information content (AvgIpc) is 3.31. The maximum Gasteiger partial charge on any atom is 0.231 e. The molecule has 0 saturated carbocycles. The van der Waals surface area contributed by atoms with E-state index in [0.717, 1.165) is 41.2 Å². The molecule has 0 spiro atoms. The van der Waals surface area contributed by atoms with Crippen molar-refractivity contribution in [3.63, 3.8) is 0 Å². The van der Waals surface area contributed by atoms with Crippen molar-refractivity contribution in [2.24, 2.45) is 4.99 Å². The lowest BCUT2D eigenvalue weighted by atomic mass is 10.3. The van der Waals surface area contributed by atoms with Gasteiger partial charge in [0.2, 0.25) is 6.79 Å². The Morgan fingerprint density at radius 2 is 2.15 bits per heavy atom. The zero-order valence-corrected chi connectivity index (χ0v) is 15.9. The van der Waals surface area contributed by atoms with Crippen LogP contribution in [0.3, 0.4) is 0 Å². The molecular formula is C18H24N4O3S. The summed E-state index contributed by atoms with van der Waals surface area (Å²) in [6, 6.07) is 5.57. The number of hydrogen-bond acceptors (Lipinski definition) is 6. The van der Waals surface area contributed by atoms with Crippen LogP contribution in [0.2, 0.25) is 0 Å². The van der Waals surface area contributed by atoms with Crippen LogP contribution in [0.1, 0.15) is 23.7 Å². The Kier molecular flexibility index (Phi) is 6.54. The van der Waals surface area contributed by atoms with E-state index in [1.807, 2.05) is 31.3 Å². The van der Waals surface area contributed by atoms with Crippen LogP contribution in [-0.2, 0) is 13.0 Å². The van der Waals surface area contributed by atoms with Crippen LogP contribution in [0.15, 0.2) is 29.4 Å². The number of guanidine groups is 1. The summed E-state index contributed by atoms with van der Waals surface area (Å²) in [7, 11) is 0. The highest BCUT2D eigenvalue weighted by atomic mass is 32.1. The largest absolute Gasteiger partial charge is 0.492 e. The van der Waals surface area contributed by atoms with E-state index in [2.05, 4.69) is 27.5 Å². The van der Waals surface area contributed by atoms with Crippen LogP contribution in [0, 0.1) is 0 Å². The summed E-state index contributed by atoms with van der Waals surface area (Å²) in [5, 5.41) is 7.52. The molecule has 26 heavy (non-hydrogen) atoms. The molecule has 0 aliphatic carbocycles. The minimum Gasteiger partial charge on any atom is -0.492 e. The highest BCUT2D eigenvalue weighted by Crippen LogP contribution is 2.34. The van der Waals surface area contributed by atoms with Crippen molar-refractivity contribution in [3.8, 4) is 17.2 Å². The summed E-state index contributed by atoms with van der Waals surface area (Å²) in [5.41, 5.74) is 0. The third-order valence-electron chi connectivity index (χ3n) is 3.67. The predicted molar refractivity (Wildman–Crippen MR) is 102 cm³/mol. The van der Waals surface area contributed by atoms with Gasteiger partial charge in [0.25, 0.3) is 0 Å². The van der Waals surface area contributed by atoms with E-state index in [4.69, 9.17) is 14.2 Å². The first kappa shape index (κ1) is 18.3. The molecule has 1 aromatic heterocycles. The van der Waals surface area contributed by atoms with Crippen molar-refractivity contribution in [1.82, 2.24) is 15.6 Å². The van der Waals surface area contributed by atoms with Gasteiger partial charge in [0, 0.05) is 23.7 Å². The number of thiazole rings is 1. The first-order valence-corrected chi connectivity index (χ1v) is 9.58. The SMILES string of the molecule is CCNC(=NCc1ncc(CC)s1)NCCOc1ccc2c(c1)OCO2. The summed E-state index contributed by atoms with van der Waals surface area (Å²) in [4.78, 5) is 10.2. The third-order valence-corrected chi connectivity index (χ3v) is 4.80. The van der Waals surface area contributed by atoms with E-state index in [9.17, 15) is 0 Å². The highest BCUT2D eigenvalue weighted by molar-refractivity contribution is 7.11. The van der Waals surface area contributed by atoms with E-state index in [-0.39, 0.29) is 6.79 Å². The molecule has 1 aliphatic heterocycles. The fourth-order valence-corrected chi connectivity index (χ4v) is 3.16. The second-order valence-corrected chi connectivity index (χ2v) is 6.76. The minimum atomic E-state index is 0.266. The number of ether oxygens (including phenoxy) is 3. The van der Waals surface area contributed by atoms with Gasteiger partial charge in [0.15, 0.2) is 17.5 Å². The van der Waals surface area contributed by atoms with Gasteiger partial charge < -0.3 is 24.8 Å². The lowest BCUT2D eigenvalue weighted by molar-refractivity contribution is 0.173. The minimum absolute atomic E-state index is 0.266. The molecule has 3 rings (SSSR count). The molecule has 0 bridgehead atoms. The maximum absolute atomic E-state index is 5.75. The van der Waals surface area contributed by atoms with E-state index in [1.54, 1.807) is 11.3 Å².